The third-order valence-corrected chi connectivity index (χ3v) is 7.02. The lowest BCUT2D eigenvalue weighted by Crippen LogP contribution is -2.16. The van der Waals surface area contributed by atoms with E-state index in [4.69, 9.17) is 4.42 Å². The van der Waals surface area contributed by atoms with Crippen molar-refractivity contribution in [1.82, 2.24) is 14.5 Å². The number of ether oxygens (including phenoxy) is 1. The van der Waals surface area contributed by atoms with Crippen LogP contribution in [0.15, 0.2) is 82.2 Å². The molecule has 0 aliphatic carbocycles. The molecule has 0 radical (unpaired) electrons. The summed E-state index contributed by atoms with van der Waals surface area (Å²) >= 11 is -1.14. The number of benzene rings is 3. The summed E-state index contributed by atoms with van der Waals surface area (Å²) in [6.07, 6.45) is -1.23. The predicted molar refractivity (Wildman–Crippen MR) is 143 cm³/mol. The molecule has 1 atom stereocenters. The van der Waals surface area contributed by atoms with E-state index in [9.17, 15) is 17.7 Å². The number of nitrogens with zero attached hydrogens (tertiary/aromatic N) is 3. The van der Waals surface area contributed by atoms with Gasteiger partial charge in [0.15, 0.2) is 16.5 Å². The third kappa shape index (κ3) is 5.71. The SMILES string of the molecule is Cc1cn(-c2ccc(-c3cccc([S+](C)[O-])c3)cc2-c2nc(C)oc2-c2ccc(OC(F)(F)F)cc2)c(C)n1. The van der Waals surface area contributed by atoms with Crippen molar-refractivity contribution in [2.45, 2.75) is 32.0 Å². The van der Waals surface area contributed by atoms with Gasteiger partial charge in [-0.05, 0) is 78.6 Å². The Labute approximate surface area is 226 Å². The van der Waals surface area contributed by atoms with Gasteiger partial charge in [0.25, 0.3) is 0 Å². The summed E-state index contributed by atoms with van der Waals surface area (Å²) in [5.41, 5.74) is 5.20. The molecule has 1 unspecified atom stereocenters. The lowest BCUT2D eigenvalue weighted by Gasteiger charge is -2.14. The number of aryl methyl sites for hydroxylation is 3. The second-order valence-electron chi connectivity index (χ2n) is 9.00. The number of imidazole rings is 1. The fourth-order valence-corrected chi connectivity index (χ4v) is 5.01. The fourth-order valence-electron chi connectivity index (χ4n) is 4.45. The molecular formula is C29H24F3N3O3S. The van der Waals surface area contributed by atoms with Crippen LogP contribution in [-0.4, -0.2) is 31.7 Å². The lowest BCUT2D eigenvalue weighted by atomic mass is 9.98. The highest BCUT2D eigenvalue weighted by molar-refractivity contribution is 7.90. The molecule has 3 aromatic carbocycles. The first-order valence-electron chi connectivity index (χ1n) is 11.9. The molecule has 2 aromatic heterocycles. The number of rotatable bonds is 6. The van der Waals surface area contributed by atoms with E-state index in [0.717, 1.165) is 33.9 Å². The fraction of sp³-hybridized carbons (Fsp3) is 0.172. The predicted octanol–water partition coefficient (Wildman–Crippen LogP) is 7.42. The van der Waals surface area contributed by atoms with Gasteiger partial charge in [-0.2, -0.15) is 0 Å². The van der Waals surface area contributed by atoms with Crippen LogP contribution in [0.5, 0.6) is 5.75 Å². The molecule has 5 aromatic rings. The molecule has 0 spiro atoms. The van der Waals surface area contributed by atoms with Gasteiger partial charge >= 0.3 is 6.36 Å². The number of aromatic nitrogens is 3. The van der Waals surface area contributed by atoms with E-state index in [0.29, 0.717) is 27.8 Å². The van der Waals surface area contributed by atoms with Gasteiger partial charge in [-0.15, -0.1) is 13.2 Å². The molecular weight excluding hydrogens is 527 g/mol. The lowest BCUT2D eigenvalue weighted by molar-refractivity contribution is -0.274. The van der Waals surface area contributed by atoms with Gasteiger partial charge in [0.05, 0.1) is 11.4 Å². The Balaban J connectivity index is 1.68. The van der Waals surface area contributed by atoms with E-state index in [1.54, 1.807) is 13.2 Å². The van der Waals surface area contributed by atoms with Crippen molar-refractivity contribution in [2.75, 3.05) is 6.26 Å². The van der Waals surface area contributed by atoms with Crippen LogP contribution in [0, 0.1) is 20.8 Å². The van der Waals surface area contributed by atoms with Gasteiger partial charge < -0.3 is 18.3 Å². The van der Waals surface area contributed by atoms with E-state index in [2.05, 4.69) is 14.7 Å². The smallest absolute Gasteiger partial charge is 0.573 e. The highest BCUT2D eigenvalue weighted by Crippen LogP contribution is 2.39. The van der Waals surface area contributed by atoms with E-state index >= 15 is 0 Å². The second-order valence-corrected chi connectivity index (χ2v) is 10.4. The van der Waals surface area contributed by atoms with Crippen LogP contribution in [0.4, 0.5) is 13.2 Å². The summed E-state index contributed by atoms with van der Waals surface area (Å²) in [5.74, 6) is 1.25. The Kier molecular flexibility index (Phi) is 7.00. The molecule has 0 saturated heterocycles. The number of hydrogen-bond donors (Lipinski definition) is 0. The Hall–Kier alpha value is -4.02. The third-order valence-electron chi connectivity index (χ3n) is 6.10. The molecule has 0 aliphatic rings. The van der Waals surface area contributed by atoms with Crippen molar-refractivity contribution in [3.8, 4) is 45.1 Å². The molecule has 0 aliphatic heterocycles. The van der Waals surface area contributed by atoms with Crippen molar-refractivity contribution in [1.29, 1.82) is 0 Å². The minimum Gasteiger partial charge on any atom is -0.612 e. The molecule has 10 heteroatoms. The van der Waals surface area contributed by atoms with Gasteiger partial charge in [-0.25, -0.2) is 9.97 Å². The molecule has 39 heavy (non-hydrogen) atoms. The highest BCUT2D eigenvalue weighted by atomic mass is 32.2. The average Bonchev–Trinajstić information content (AvgIpc) is 3.44. The first-order chi connectivity index (χ1) is 18.5. The van der Waals surface area contributed by atoms with Crippen LogP contribution < -0.4 is 4.74 Å². The van der Waals surface area contributed by atoms with Crippen molar-refractivity contribution in [3.63, 3.8) is 0 Å². The van der Waals surface area contributed by atoms with Crippen LogP contribution in [0.1, 0.15) is 17.4 Å². The van der Waals surface area contributed by atoms with Gasteiger partial charge in [0.2, 0.25) is 0 Å². The Morgan fingerprint density at radius 3 is 2.23 bits per heavy atom. The topological polar surface area (TPSA) is 76.1 Å². The zero-order valence-electron chi connectivity index (χ0n) is 21.5. The maximum atomic E-state index is 12.7. The van der Waals surface area contributed by atoms with Crippen molar-refractivity contribution < 1.29 is 26.9 Å². The minimum absolute atomic E-state index is 0.329. The summed E-state index contributed by atoms with van der Waals surface area (Å²) in [4.78, 5) is 9.93. The number of hydrogen-bond acceptors (Lipinski definition) is 5. The number of alkyl halides is 3. The zero-order valence-corrected chi connectivity index (χ0v) is 22.4. The molecule has 6 nitrogen and oxygen atoms in total. The summed E-state index contributed by atoms with van der Waals surface area (Å²) in [6.45, 7) is 5.52. The van der Waals surface area contributed by atoms with E-state index in [1.165, 1.54) is 24.3 Å². The molecule has 5 rings (SSSR count). The van der Waals surface area contributed by atoms with Crippen LogP contribution >= 0.6 is 0 Å². The Morgan fingerprint density at radius 2 is 1.59 bits per heavy atom. The van der Waals surface area contributed by atoms with Crippen LogP contribution in [0.25, 0.3) is 39.4 Å². The summed E-state index contributed by atoms with van der Waals surface area (Å²) in [7, 11) is 0. The highest BCUT2D eigenvalue weighted by Gasteiger charge is 2.31. The molecule has 0 saturated carbocycles. The van der Waals surface area contributed by atoms with Crippen molar-refractivity contribution in [3.05, 3.63) is 90.3 Å². The maximum absolute atomic E-state index is 12.7. The summed E-state index contributed by atoms with van der Waals surface area (Å²) in [5, 5.41) is 0. The molecule has 0 fully saturated rings. The maximum Gasteiger partial charge on any atom is 0.573 e. The standard InChI is InChI=1S/C29H24F3N3O3S/c1-17-16-35(18(2)33-17)26-13-10-22(21-6-5-7-24(14-21)39(4)36)15-25(26)27-28(37-19(3)34-27)20-8-11-23(12-9-20)38-29(30,31)32/h5-16H,1-4H3. The normalized spacial score (nSPS) is 12.5. The van der Waals surface area contributed by atoms with Gasteiger partial charge in [-0.3, -0.25) is 0 Å². The van der Waals surface area contributed by atoms with Gasteiger partial charge in [-0.1, -0.05) is 18.2 Å². The number of oxazole rings is 1. The summed E-state index contributed by atoms with van der Waals surface area (Å²) < 4.78 is 62.1. The van der Waals surface area contributed by atoms with E-state index in [-0.39, 0.29) is 5.75 Å². The monoisotopic (exact) mass is 551 g/mol. The van der Waals surface area contributed by atoms with Crippen LogP contribution in [0.2, 0.25) is 0 Å². The van der Waals surface area contributed by atoms with E-state index in [1.807, 2.05) is 67.1 Å². The molecule has 200 valence electrons. The van der Waals surface area contributed by atoms with E-state index < -0.39 is 17.5 Å². The molecule has 0 amide bonds. The summed E-state index contributed by atoms with van der Waals surface area (Å²) in [6, 6.07) is 18.9. The quantitative estimate of drug-likeness (QED) is 0.205. The van der Waals surface area contributed by atoms with Gasteiger partial charge in [0.1, 0.15) is 23.5 Å². The first-order valence-corrected chi connectivity index (χ1v) is 13.5. The second kappa shape index (κ2) is 10.3. The average molecular weight is 552 g/mol. The molecule has 2 heterocycles. The molecule has 0 N–H and O–H groups in total. The zero-order chi connectivity index (χ0) is 27.9. The first kappa shape index (κ1) is 26.6. The van der Waals surface area contributed by atoms with Gasteiger partial charge in [0, 0.05) is 30.3 Å². The van der Waals surface area contributed by atoms with Crippen molar-refractivity contribution >= 4 is 11.2 Å². The largest absolute Gasteiger partial charge is 0.612 e. The van der Waals surface area contributed by atoms with Crippen molar-refractivity contribution in [2.24, 2.45) is 0 Å². The van der Waals surface area contributed by atoms with Crippen LogP contribution in [0.3, 0.4) is 0 Å². The van der Waals surface area contributed by atoms with Crippen LogP contribution in [-0.2, 0) is 11.2 Å². The Morgan fingerprint density at radius 1 is 0.897 bits per heavy atom. The number of halogens is 3. The minimum atomic E-state index is -4.78. The Bertz CT molecular complexity index is 1640. The molecule has 0 bridgehead atoms.